The highest BCUT2D eigenvalue weighted by atomic mass is 16.7. The average molecular weight is 267 g/mol. The van der Waals surface area contributed by atoms with Gasteiger partial charge in [0.2, 0.25) is 0 Å². The molecule has 5 heteroatoms. The van der Waals surface area contributed by atoms with E-state index in [9.17, 15) is 0 Å². The summed E-state index contributed by atoms with van der Waals surface area (Å²) in [7, 11) is 3.27. The Bertz CT molecular complexity index is 401. The van der Waals surface area contributed by atoms with Crippen LogP contribution in [0.1, 0.15) is 13.8 Å². The van der Waals surface area contributed by atoms with Gasteiger partial charge in [-0.1, -0.05) is 0 Å². The van der Waals surface area contributed by atoms with Crippen molar-refractivity contribution in [3.8, 4) is 11.5 Å². The topological polar surface area (TPSA) is 49.0 Å². The van der Waals surface area contributed by atoms with Crippen LogP contribution in [0.25, 0.3) is 0 Å². The monoisotopic (exact) mass is 267 g/mol. The van der Waals surface area contributed by atoms with E-state index in [0.29, 0.717) is 13.2 Å². The third-order valence-electron chi connectivity index (χ3n) is 2.99. The molecule has 0 aliphatic carbocycles. The molecule has 1 saturated heterocycles. The quantitative estimate of drug-likeness (QED) is 0.907. The summed E-state index contributed by atoms with van der Waals surface area (Å²) in [6.45, 7) is 5.04. The summed E-state index contributed by atoms with van der Waals surface area (Å²) < 4.78 is 21.7. The lowest BCUT2D eigenvalue weighted by Crippen LogP contribution is -2.45. The fraction of sp³-hybridized carbons (Fsp3) is 0.571. The van der Waals surface area contributed by atoms with Gasteiger partial charge < -0.3 is 24.3 Å². The van der Waals surface area contributed by atoms with Crippen molar-refractivity contribution in [1.82, 2.24) is 0 Å². The Kier molecular flexibility index (Phi) is 4.17. The first kappa shape index (κ1) is 14.0. The standard InChI is InChI=1S/C14H21NO4/c1-14(2)18-8-11(9-19-14)15-10-5-12(16-3)7-13(6-10)17-4/h5-7,11,15H,8-9H2,1-4H3. The minimum absolute atomic E-state index is 0.116. The molecule has 1 aromatic rings. The van der Waals surface area contributed by atoms with Crippen LogP contribution < -0.4 is 14.8 Å². The lowest BCUT2D eigenvalue weighted by atomic mass is 10.2. The van der Waals surface area contributed by atoms with E-state index in [4.69, 9.17) is 18.9 Å². The second-order valence-corrected chi connectivity index (χ2v) is 4.96. The summed E-state index contributed by atoms with van der Waals surface area (Å²) in [6, 6.07) is 5.79. The minimum Gasteiger partial charge on any atom is -0.497 e. The molecule has 1 aliphatic heterocycles. The summed E-state index contributed by atoms with van der Waals surface area (Å²) in [5.74, 6) is 1.00. The van der Waals surface area contributed by atoms with Crippen LogP contribution in [0.5, 0.6) is 11.5 Å². The van der Waals surface area contributed by atoms with Gasteiger partial charge in [-0.3, -0.25) is 0 Å². The van der Waals surface area contributed by atoms with E-state index in [1.165, 1.54) is 0 Å². The maximum atomic E-state index is 5.62. The van der Waals surface area contributed by atoms with Crippen LogP contribution in [0, 0.1) is 0 Å². The maximum Gasteiger partial charge on any atom is 0.162 e. The molecular weight excluding hydrogens is 246 g/mol. The molecule has 0 saturated carbocycles. The number of ether oxygens (including phenoxy) is 4. The summed E-state index contributed by atoms with van der Waals surface area (Å²) >= 11 is 0. The number of hydrogen-bond donors (Lipinski definition) is 1. The van der Waals surface area contributed by atoms with Crippen LogP contribution in [0.4, 0.5) is 5.69 Å². The molecule has 1 aliphatic rings. The highest BCUT2D eigenvalue weighted by Crippen LogP contribution is 2.27. The van der Waals surface area contributed by atoms with Crippen molar-refractivity contribution in [2.75, 3.05) is 32.8 Å². The molecule has 0 radical (unpaired) electrons. The van der Waals surface area contributed by atoms with Gasteiger partial charge >= 0.3 is 0 Å². The zero-order chi connectivity index (χ0) is 13.9. The smallest absolute Gasteiger partial charge is 0.162 e. The lowest BCUT2D eigenvalue weighted by molar-refractivity contribution is -0.247. The zero-order valence-corrected chi connectivity index (χ0v) is 11.9. The van der Waals surface area contributed by atoms with Crippen molar-refractivity contribution in [2.24, 2.45) is 0 Å². The minimum atomic E-state index is -0.496. The molecule has 1 fully saturated rings. The molecule has 1 aromatic carbocycles. The predicted octanol–water partition coefficient (Wildman–Crippen LogP) is 2.27. The zero-order valence-electron chi connectivity index (χ0n) is 11.9. The second-order valence-electron chi connectivity index (χ2n) is 4.96. The van der Waals surface area contributed by atoms with E-state index >= 15 is 0 Å². The first-order valence-corrected chi connectivity index (χ1v) is 6.30. The van der Waals surface area contributed by atoms with Crippen molar-refractivity contribution in [1.29, 1.82) is 0 Å². The van der Waals surface area contributed by atoms with Crippen molar-refractivity contribution in [3.05, 3.63) is 18.2 Å². The molecule has 0 atom stereocenters. The van der Waals surface area contributed by atoms with E-state index in [2.05, 4.69) is 5.32 Å². The van der Waals surface area contributed by atoms with Gasteiger partial charge in [-0.05, 0) is 13.8 Å². The van der Waals surface area contributed by atoms with Gasteiger partial charge in [0, 0.05) is 23.9 Å². The Morgan fingerprint density at radius 2 is 1.58 bits per heavy atom. The molecule has 1 N–H and O–H groups in total. The van der Waals surface area contributed by atoms with E-state index < -0.39 is 5.79 Å². The van der Waals surface area contributed by atoms with E-state index in [1.54, 1.807) is 14.2 Å². The lowest BCUT2D eigenvalue weighted by Gasteiger charge is -2.35. The van der Waals surface area contributed by atoms with E-state index in [0.717, 1.165) is 17.2 Å². The van der Waals surface area contributed by atoms with Crippen LogP contribution in [-0.2, 0) is 9.47 Å². The summed E-state index contributed by atoms with van der Waals surface area (Å²) in [5, 5.41) is 3.36. The van der Waals surface area contributed by atoms with Crippen LogP contribution in [-0.4, -0.2) is 39.3 Å². The van der Waals surface area contributed by atoms with Crippen molar-refractivity contribution in [3.63, 3.8) is 0 Å². The second kappa shape index (κ2) is 5.67. The molecule has 19 heavy (non-hydrogen) atoms. The van der Waals surface area contributed by atoms with Gasteiger partial charge in [0.25, 0.3) is 0 Å². The fourth-order valence-corrected chi connectivity index (χ4v) is 1.90. The molecule has 106 valence electrons. The van der Waals surface area contributed by atoms with Crippen LogP contribution in [0.15, 0.2) is 18.2 Å². The van der Waals surface area contributed by atoms with Crippen molar-refractivity contribution >= 4 is 5.69 Å². The largest absolute Gasteiger partial charge is 0.497 e. The number of hydrogen-bond acceptors (Lipinski definition) is 5. The Balaban J connectivity index is 2.03. The Labute approximate surface area is 113 Å². The molecule has 0 amide bonds. The fourth-order valence-electron chi connectivity index (χ4n) is 1.90. The van der Waals surface area contributed by atoms with Crippen LogP contribution >= 0.6 is 0 Å². The van der Waals surface area contributed by atoms with Gasteiger partial charge in [-0.25, -0.2) is 0 Å². The first-order valence-electron chi connectivity index (χ1n) is 6.30. The molecule has 0 aromatic heterocycles. The van der Waals surface area contributed by atoms with E-state index in [-0.39, 0.29) is 6.04 Å². The SMILES string of the molecule is COc1cc(NC2COC(C)(C)OC2)cc(OC)c1. The van der Waals surface area contributed by atoms with Crippen molar-refractivity contribution < 1.29 is 18.9 Å². The van der Waals surface area contributed by atoms with Crippen molar-refractivity contribution in [2.45, 2.75) is 25.7 Å². The van der Waals surface area contributed by atoms with Gasteiger partial charge in [0.15, 0.2) is 5.79 Å². The normalized spacial score (nSPS) is 18.9. The van der Waals surface area contributed by atoms with Gasteiger partial charge in [0.1, 0.15) is 11.5 Å². The number of benzene rings is 1. The molecule has 0 unspecified atom stereocenters. The predicted molar refractivity (Wildman–Crippen MR) is 72.9 cm³/mol. The number of anilines is 1. The summed E-state index contributed by atoms with van der Waals surface area (Å²) in [6.07, 6.45) is 0. The number of methoxy groups -OCH3 is 2. The Morgan fingerprint density at radius 1 is 1.05 bits per heavy atom. The van der Waals surface area contributed by atoms with Gasteiger partial charge in [0.05, 0.1) is 33.5 Å². The summed E-state index contributed by atoms with van der Waals surface area (Å²) in [5.41, 5.74) is 0.924. The maximum absolute atomic E-state index is 5.62. The highest BCUT2D eigenvalue weighted by Gasteiger charge is 2.28. The van der Waals surface area contributed by atoms with E-state index in [1.807, 2.05) is 32.0 Å². The number of rotatable bonds is 4. The summed E-state index contributed by atoms with van der Waals surface area (Å²) in [4.78, 5) is 0. The Hall–Kier alpha value is -1.46. The number of nitrogens with one attached hydrogen (secondary N) is 1. The Morgan fingerprint density at radius 3 is 2.05 bits per heavy atom. The van der Waals surface area contributed by atoms with Gasteiger partial charge in [-0.15, -0.1) is 0 Å². The average Bonchev–Trinajstić information content (AvgIpc) is 2.40. The first-order chi connectivity index (χ1) is 9.02. The highest BCUT2D eigenvalue weighted by molar-refractivity contribution is 5.54. The molecule has 1 heterocycles. The van der Waals surface area contributed by atoms with Gasteiger partial charge in [-0.2, -0.15) is 0 Å². The third kappa shape index (κ3) is 3.75. The molecule has 0 spiro atoms. The third-order valence-corrected chi connectivity index (χ3v) is 2.99. The van der Waals surface area contributed by atoms with Crippen LogP contribution in [0.2, 0.25) is 0 Å². The molecular formula is C14H21NO4. The molecule has 2 rings (SSSR count). The molecule has 0 bridgehead atoms. The van der Waals surface area contributed by atoms with Crippen LogP contribution in [0.3, 0.4) is 0 Å². The molecule has 5 nitrogen and oxygen atoms in total.